The summed E-state index contributed by atoms with van der Waals surface area (Å²) in [5.74, 6) is -0.375. The van der Waals surface area contributed by atoms with Crippen LogP contribution in [0, 0.1) is 0 Å². The van der Waals surface area contributed by atoms with E-state index >= 15 is 0 Å². The third kappa shape index (κ3) is 4.63. The van der Waals surface area contributed by atoms with Crippen molar-refractivity contribution in [1.82, 2.24) is 10.2 Å². The minimum atomic E-state index is -1.39. The molecule has 5 rings (SSSR count). The molecule has 1 saturated heterocycles. The van der Waals surface area contributed by atoms with Gasteiger partial charge in [0.05, 0.1) is 18.9 Å². The van der Waals surface area contributed by atoms with E-state index in [1.807, 2.05) is 6.07 Å². The number of benzene rings is 3. The second-order valence-corrected chi connectivity index (χ2v) is 8.95. The third-order valence-corrected chi connectivity index (χ3v) is 6.38. The number of ketones is 1. The summed E-state index contributed by atoms with van der Waals surface area (Å²) >= 11 is 0. The van der Waals surface area contributed by atoms with Gasteiger partial charge < -0.3 is 20.1 Å². The van der Waals surface area contributed by atoms with Crippen LogP contribution in [0.1, 0.15) is 34.8 Å². The molecule has 0 aliphatic carbocycles. The molecule has 1 unspecified atom stereocenters. The molecule has 2 aliphatic rings. The number of nitrogens with zero attached hydrogens (tertiary/aromatic N) is 1. The van der Waals surface area contributed by atoms with Gasteiger partial charge in [0, 0.05) is 17.5 Å². The van der Waals surface area contributed by atoms with Gasteiger partial charge >= 0.3 is 6.03 Å². The number of rotatable bonds is 6. The summed E-state index contributed by atoms with van der Waals surface area (Å²) in [4.78, 5) is 52.9. The Hall–Kier alpha value is -4.66. The highest BCUT2D eigenvalue weighted by molar-refractivity contribution is 6.15. The smallest absolute Gasteiger partial charge is 0.325 e. The van der Waals surface area contributed by atoms with E-state index in [4.69, 9.17) is 9.47 Å². The SMILES string of the molecule is CC1(c2ccc3c(c2)OCCCO3)NC(=O)N(CC(=O)Nc2ccccc2C(=O)c2ccccc2)C1=O. The van der Waals surface area contributed by atoms with Crippen LogP contribution in [-0.2, 0) is 15.1 Å². The number of anilines is 1. The number of amides is 4. The van der Waals surface area contributed by atoms with Crippen molar-refractivity contribution in [2.75, 3.05) is 25.1 Å². The molecule has 0 spiro atoms. The number of carbonyl (C=O) groups is 4. The van der Waals surface area contributed by atoms with Crippen LogP contribution in [0.4, 0.5) is 10.5 Å². The predicted octanol–water partition coefficient (Wildman–Crippen LogP) is 3.48. The maximum Gasteiger partial charge on any atom is 0.325 e. The van der Waals surface area contributed by atoms with Crippen molar-refractivity contribution >= 4 is 29.3 Å². The fourth-order valence-electron chi connectivity index (χ4n) is 4.38. The Morgan fingerprint density at radius 2 is 1.65 bits per heavy atom. The van der Waals surface area contributed by atoms with Crippen molar-refractivity contribution < 1.29 is 28.7 Å². The first-order chi connectivity index (χ1) is 17.9. The maximum atomic E-state index is 13.4. The summed E-state index contributed by atoms with van der Waals surface area (Å²) in [5, 5.41) is 5.37. The molecule has 9 heteroatoms. The Kier molecular flexibility index (Phi) is 6.35. The first-order valence-electron chi connectivity index (χ1n) is 11.9. The van der Waals surface area contributed by atoms with Crippen molar-refractivity contribution in [2.45, 2.75) is 18.9 Å². The van der Waals surface area contributed by atoms with Gasteiger partial charge in [-0.2, -0.15) is 0 Å². The molecule has 1 fully saturated rings. The minimum absolute atomic E-state index is 0.256. The average Bonchev–Trinajstić information content (AvgIpc) is 3.06. The molecular formula is C28H25N3O6. The topological polar surface area (TPSA) is 114 Å². The molecule has 1 atom stereocenters. The molecule has 0 radical (unpaired) electrons. The van der Waals surface area contributed by atoms with Crippen molar-refractivity contribution in [1.29, 1.82) is 0 Å². The highest BCUT2D eigenvalue weighted by Crippen LogP contribution is 2.36. The van der Waals surface area contributed by atoms with Gasteiger partial charge in [-0.15, -0.1) is 0 Å². The number of hydrogen-bond acceptors (Lipinski definition) is 6. The van der Waals surface area contributed by atoms with Crippen LogP contribution >= 0.6 is 0 Å². The second kappa shape index (κ2) is 9.77. The lowest BCUT2D eigenvalue weighted by Crippen LogP contribution is -2.42. The monoisotopic (exact) mass is 499 g/mol. The van der Waals surface area contributed by atoms with E-state index in [9.17, 15) is 19.2 Å². The lowest BCUT2D eigenvalue weighted by atomic mass is 9.91. The summed E-state index contributed by atoms with van der Waals surface area (Å²) in [6, 6.07) is 19.7. The van der Waals surface area contributed by atoms with Crippen molar-refractivity contribution in [3.8, 4) is 11.5 Å². The first-order valence-corrected chi connectivity index (χ1v) is 11.9. The Labute approximate surface area is 213 Å². The van der Waals surface area contributed by atoms with Gasteiger partial charge in [0.15, 0.2) is 17.3 Å². The van der Waals surface area contributed by atoms with E-state index in [0.29, 0.717) is 47.1 Å². The Bertz CT molecular complexity index is 1390. The van der Waals surface area contributed by atoms with Crippen molar-refractivity contribution in [2.24, 2.45) is 0 Å². The Morgan fingerprint density at radius 1 is 0.946 bits per heavy atom. The van der Waals surface area contributed by atoms with E-state index < -0.39 is 29.9 Å². The van der Waals surface area contributed by atoms with E-state index in [1.54, 1.807) is 73.7 Å². The zero-order chi connectivity index (χ0) is 26.0. The van der Waals surface area contributed by atoms with Crippen LogP contribution < -0.4 is 20.1 Å². The predicted molar refractivity (Wildman–Crippen MR) is 135 cm³/mol. The normalized spacial score (nSPS) is 18.7. The zero-order valence-electron chi connectivity index (χ0n) is 20.2. The molecule has 9 nitrogen and oxygen atoms in total. The van der Waals surface area contributed by atoms with E-state index in [-0.39, 0.29) is 5.78 Å². The van der Waals surface area contributed by atoms with Crippen LogP contribution in [0.5, 0.6) is 11.5 Å². The summed E-state index contributed by atoms with van der Waals surface area (Å²) in [6.45, 7) is 2.08. The summed E-state index contributed by atoms with van der Waals surface area (Å²) in [7, 11) is 0. The van der Waals surface area contributed by atoms with E-state index in [2.05, 4.69) is 10.6 Å². The largest absolute Gasteiger partial charge is 0.490 e. The molecule has 2 heterocycles. The third-order valence-electron chi connectivity index (χ3n) is 6.38. The molecule has 2 N–H and O–H groups in total. The van der Waals surface area contributed by atoms with Gasteiger partial charge in [-0.25, -0.2) is 4.79 Å². The van der Waals surface area contributed by atoms with Gasteiger partial charge in [-0.05, 0) is 36.8 Å². The van der Waals surface area contributed by atoms with Gasteiger partial charge in [-0.1, -0.05) is 48.5 Å². The molecule has 0 aromatic heterocycles. The highest BCUT2D eigenvalue weighted by Gasteiger charge is 2.49. The maximum absolute atomic E-state index is 13.4. The van der Waals surface area contributed by atoms with Crippen LogP contribution in [0.2, 0.25) is 0 Å². The molecule has 4 amide bonds. The fourth-order valence-corrected chi connectivity index (χ4v) is 4.38. The molecule has 188 valence electrons. The van der Waals surface area contributed by atoms with Crippen LogP contribution in [0.3, 0.4) is 0 Å². The molecule has 37 heavy (non-hydrogen) atoms. The Morgan fingerprint density at radius 3 is 2.43 bits per heavy atom. The Balaban J connectivity index is 1.32. The summed E-state index contributed by atoms with van der Waals surface area (Å²) in [6.07, 6.45) is 0.736. The highest BCUT2D eigenvalue weighted by atomic mass is 16.5. The van der Waals surface area contributed by atoms with Gasteiger partial charge in [0.2, 0.25) is 5.91 Å². The number of urea groups is 1. The molecule has 3 aromatic carbocycles. The standard InChI is InChI=1S/C28H25N3O6/c1-28(19-12-13-22-23(16-19)37-15-7-14-36-22)26(34)31(27(35)30-28)17-24(32)29-21-11-6-5-10-20(21)25(33)18-8-3-2-4-9-18/h2-6,8-13,16H,7,14-15,17H2,1H3,(H,29,32)(H,30,35). The number of hydrogen-bond donors (Lipinski definition) is 2. The molecular weight excluding hydrogens is 474 g/mol. The van der Waals surface area contributed by atoms with E-state index in [1.165, 1.54) is 0 Å². The molecule has 2 aliphatic heterocycles. The zero-order valence-corrected chi connectivity index (χ0v) is 20.2. The van der Waals surface area contributed by atoms with Crippen molar-refractivity contribution in [3.05, 3.63) is 89.5 Å². The number of fused-ring (bicyclic) bond motifs is 1. The van der Waals surface area contributed by atoms with Crippen LogP contribution in [0.25, 0.3) is 0 Å². The second-order valence-electron chi connectivity index (χ2n) is 8.95. The van der Waals surface area contributed by atoms with Gasteiger partial charge in [0.25, 0.3) is 5.91 Å². The molecule has 3 aromatic rings. The number of carbonyl (C=O) groups excluding carboxylic acids is 4. The molecule has 0 bridgehead atoms. The van der Waals surface area contributed by atoms with Crippen LogP contribution in [0.15, 0.2) is 72.8 Å². The summed E-state index contributed by atoms with van der Waals surface area (Å²) in [5.41, 5.74) is 0.194. The number of imide groups is 1. The van der Waals surface area contributed by atoms with Crippen LogP contribution in [-0.4, -0.2) is 48.3 Å². The quantitative estimate of drug-likeness (QED) is 0.397. The number of ether oxygens (including phenoxy) is 2. The average molecular weight is 500 g/mol. The first kappa shape index (κ1) is 24.1. The summed E-state index contributed by atoms with van der Waals surface area (Å²) < 4.78 is 11.4. The molecule has 0 saturated carbocycles. The number of nitrogens with one attached hydrogen (secondary N) is 2. The van der Waals surface area contributed by atoms with Gasteiger partial charge in [-0.3, -0.25) is 19.3 Å². The fraction of sp³-hybridized carbons (Fsp3) is 0.214. The minimum Gasteiger partial charge on any atom is -0.490 e. The van der Waals surface area contributed by atoms with Gasteiger partial charge in [0.1, 0.15) is 12.1 Å². The van der Waals surface area contributed by atoms with E-state index in [0.717, 1.165) is 11.3 Å². The number of para-hydroxylation sites is 1. The lowest BCUT2D eigenvalue weighted by molar-refractivity contribution is -0.133. The lowest BCUT2D eigenvalue weighted by Gasteiger charge is -2.23. The van der Waals surface area contributed by atoms with Crippen molar-refractivity contribution in [3.63, 3.8) is 0 Å².